The summed E-state index contributed by atoms with van der Waals surface area (Å²) in [5.41, 5.74) is 7.61. The van der Waals surface area contributed by atoms with E-state index in [4.69, 9.17) is 0 Å². The van der Waals surface area contributed by atoms with Crippen LogP contribution in [0.2, 0.25) is 0 Å². The topological polar surface area (TPSA) is 0 Å². The quantitative estimate of drug-likeness (QED) is 0.192. The van der Waals surface area contributed by atoms with Crippen molar-refractivity contribution in [3.05, 3.63) is 146 Å². The monoisotopic (exact) mass is 552 g/mol. The van der Waals surface area contributed by atoms with Crippen LogP contribution in [0.25, 0.3) is 62.6 Å². The normalized spacial score (nSPS) is 11.1. The molecule has 3 heterocycles. The van der Waals surface area contributed by atoms with Gasteiger partial charge in [-0.3, -0.25) is 0 Å². The first-order valence-corrected chi connectivity index (χ1v) is 15.4. The smallest absolute Gasteiger partial charge is 0.0349 e. The van der Waals surface area contributed by atoms with E-state index in [1.807, 2.05) is 34.0 Å². The molecule has 0 amide bonds. The Balaban J connectivity index is 1.15. The van der Waals surface area contributed by atoms with E-state index < -0.39 is 0 Å². The number of rotatable bonds is 6. The third-order valence-corrected chi connectivity index (χ3v) is 10.3. The van der Waals surface area contributed by atoms with Crippen molar-refractivity contribution >= 4 is 34.0 Å². The minimum atomic E-state index is 1.26. The van der Waals surface area contributed by atoms with Gasteiger partial charge in [-0.1, -0.05) is 97.1 Å². The summed E-state index contributed by atoms with van der Waals surface area (Å²) < 4.78 is 0. The van der Waals surface area contributed by atoms with Crippen molar-refractivity contribution in [1.82, 2.24) is 0 Å². The first kappa shape index (κ1) is 24.1. The molecule has 0 saturated heterocycles. The summed E-state index contributed by atoms with van der Waals surface area (Å²) in [6, 6.07) is 52.6. The number of thiophene rings is 3. The third kappa shape index (κ3) is 5.05. The molecule has 7 rings (SSSR count). The zero-order valence-electron chi connectivity index (χ0n) is 21.1. The van der Waals surface area contributed by atoms with Crippen molar-refractivity contribution in [2.24, 2.45) is 0 Å². The lowest BCUT2D eigenvalue weighted by atomic mass is 10.1. The van der Waals surface area contributed by atoms with E-state index in [2.05, 4.69) is 146 Å². The highest BCUT2D eigenvalue weighted by Gasteiger charge is 2.11. The third-order valence-electron chi connectivity index (χ3n) is 6.80. The number of hydrogen-bond acceptors (Lipinski definition) is 3. The van der Waals surface area contributed by atoms with Crippen molar-refractivity contribution in [3.63, 3.8) is 0 Å². The van der Waals surface area contributed by atoms with E-state index in [0.29, 0.717) is 0 Å². The van der Waals surface area contributed by atoms with Crippen molar-refractivity contribution in [2.45, 2.75) is 0 Å². The largest absolute Gasteiger partial charge is 0.135 e. The fraction of sp³-hybridized carbons (Fsp3) is 0. The molecule has 186 valence electrons. The van der Waals surface area contributed by atoms with Crippen LogP contribution in [0.15, 0.2) is 146 Å². The van der Waals surface area contributed by atoms with Gasteiger partial charge in [-0.25, -0.2) is 0 Å². The predicted octanol–water partition coefficient (Wildman–Crippen LogP) is 11.9. The first-order chi connectivity index (χ1) is 19.3. The molecule has 3 aromatic heterocycles. The van der Waals surface area contributed by atoms with Crippen LogP contribution >= 0.6 is 34.0 Å². The summed E-state index contributed by atoms with van der Waals surface area (Å²) in [4.78, 5) is 7.78. The van der Waals surface area contributed by atoms with Gasteiger partial charge in [0.25, 0.3) is 0 Å². The Morgan fingerprint density at radius 2 is 0.487 bits per heavy atom. The maximum atomic E-state index is 2.32. The van der Waals surface area contributed by atoms with Crippen LogP contribution in [0.4, 0.5) is 0 Å². The summed E-state index contributed by atoms with van der Waals surface area (Å²) >= 11 is 5.56. The average molecular weight is 553 g/mol. The Morgan fingerprint density at radius 3 is 0.795 bits per heavy atom. The Hall–Kier alpha value is -4.02. The molecule has 0 aliphatic carbocycles. The van der Waals surface area contributed by atoms with Gasteiger partial charge < -0.3 is 0 Å². The van der Waals surface area contributed by atoms with Crippen LogP contribution in [-0.4, -0.2) is 0 Å². The summed E-state index contributed by atoms with van der Waals surface area (Å²) in [5.74, 6) is 0. The molecule has 0 nitrogen and oxygen atoms in total. The molecule has 3 heteroatoms. The number of hydrogen-bond donors (Lipinski definition) is 0. The molecule has 0 unspecified atom stereocenters. The van der Waals surface area contributed by atoms with Crippen LogP contribution in [0.5, 0.6) is 0 Å². The highest BCUT2D eigenvalue weighted by atomic mass is 32.1. The van der Waals surface area contributed by atoms with Gasteiger partial charge in [0, 0.05) is 29.3 Å². The summed E-state index contributed by atoms with van der Waals surface area (Å²) in [6.07, 6.45) is 0. The van der Waals surface area contributed by atoms with E-state index in [1.54, 1.807) is 0 Å². The minimum Gasteiger partial charge on any atom is -0.135 e. The Kier molecular flexibility index (Phi) is 6.55. The molecule has 7 aromatic rings. The maximum absolute atomic E-state index is 2.32. The van der Waals surface area contributed by atoms with Crippen LogP contribution in [0.3, 0.4) is 0 Å². The van der Waals surface area contributed by atoms with Gasteiger partial charge in [-0.15, -0.1) is 34.0 Å². The molecule has 0 aliphatic rings. The van der Waals surface area contributed by atoms with Gasteiger partial charge in [-0.05, 0) is 81.9 Å². The van der Waals surface area contributed by atoms with Gasteiger partial charge in [0.15, 0.2) is 0 Å². The molecular formula is C36H24S3. The lowest BCUT2D eigenvalue weighted by Gasteiger charge is -2.03. The van der Waals surface area contributed by atoms with Crippen LogP contribution in [0.1, 0.15) is 0 Å². The highest BCUT2D eigenvalue weighted by Crippen LogP contribution is 2.40. The van der Waals surface area contributed by atoms with Gasteiger partial charge in [-0.2, -0.15) is 0 Å². The fourth-order valence-corrected chi connectivity index (χ4v) is 7.82. The summed E-state index contributed by atoms with van der Waals surface area (Å²) in [6.45, 7) is 0. The zero-order chi connectivity index (χ0) is 26.0. The second-order valence-corrected chi connectivity index (χ2v) is 12.6. The van der Waals surface area contributed by atoms with Crippen LogP contribution in [-0.2, 0) is 0 Å². The molecule has 0 radical (unpaired) electrons. The van der Waals surface area contributed by atoms with Gasteiger partial charge in [0.05, 0.1) is 0 Å². The molecular weight excluding hydrogens is 529 g/mol. The lowest BCUT2D eigenvalue weighted by molar-refractivity contribution is 1.68. The maximum Gasteiger partial charge on any atom is 0.0349 e. The Bertz CT molecular complexity index is 1720. The Labute approximate surface area is 241 Å². The minimum absolute atomic E-state index is 1.26. The van der Waals surface area contributed by atoms with E-state index in [0.717, 1.165) is 0 Å². The van der Waals surface area contributed by atoms with E-state index in [9.17, 15) is 0 Å². The van der Waals surface area contributed by atoms with Crippen molar-refractivity contribution in [1.29, 1.82) is 0 Å². The molecule has 0 bridgehead atoms. The van der Waals surface area contributed by atoms with Crippen molar-refractivity contribution in [3.8, 4) is 62.6 Å². The number of benzene rings is 4. The van der Waals surface area contributed by atoms with Gasteiger partial charge in [0.1, 0.15) is 0 Å². The molecule has 0 atom stereocenters. The van der Waals surface area contributed by atoms with Crippen LogP contribution in [0, 0.1) is 0 Å². The second-order valence-electron chi connectivity index (χ2n) is 9.39. The first-order valence-electron chi connectivity index (χ1n) is 12.9. The molecule has 0 aliphatic heterocycles. The van der Waals surface area contributed by atoms with Gasteiger partial charge >= 0.3 is 0 Å². The molecule has 0 fully saturated rings. The molecule has 0 N–H and O–H groups in total. The zero-order valence-corrected chi connectivity index (χ0v) is 23.5. The molecule has 4 aromatic carbocycles. The van der Waals surface area contributed by atoms with E-state index >= 15 is 0 Å². The summed E-state index contributed by atoms with van der Waals surface area (Å²) in [7, 11) is 0. The predicted molar refractivity (Wildman–Crippen MR) is 173 cm³/mol. The Morgan fingerprint density at radius 1 is 0.231 bits per heavy atom. The molecule has 0 spiro atoms. The van der Waals surface area contributed by atoms with Crippen molar-refractivity contribution < 1.29 is 0 Å². The van der Waals surface area contributed by atoms with E-state index in [1.165, 1.54) is 62.6 Å². The molecule has 39 heavy (non-hydrogen) atoms. The molecule has 0 saturated carbocycles. The summed E-state index contributed by atoms with van der Waals surface area (Å²) in [5, 5.41) is 0. The highest BCUT2D eigenvalue weighted by molar-refractivity contribution is 7.19. The van der Waals surface area contributed by atoms with E-state index in [-0.39, 0.29) is 0 Å². The SMILES string of the molecule is c1ccc(-c2ccc(-c3cccc(-c4ccc(-c5cccc(-c6ccc(-c7ccccc7)s6)c5)s4)c3)s2)cc1. The average Bonchev–Trinajstić information content (AvgIpc) is 3.80. The lowest BCUT2D eigenvalue weighted by Crippen LogP contribution is -1.76. The fourth-order valence-electron chi connectivity index (χ4n) is 4.80. The standard InChI is InChI=1S/C36H24S3/c1-3-9-25(10-4-1)31-17-19-33(37-31)27-13-7-15-29(23-27)35-21-22-36(39-35)30-16-8-14-28(24-30)34-20-18-32(38-34)26-11-5-2-6-12-26/h1-24H. The van der Waals surface area contributed by atoms with Crippen LogP contribution < -0.4 is 0 Å². The van der Waals surface area contributed by atoms with Crippen molar-refractivity contribution in [2.75, 3.05) is 0 Å². The second kappa shape index (κ2) is 10.6. The van der Waals surface area contributed by atoms with Gasteiger partial charge in [0.2, 0.25) is 0 Å².